The molecular weight excluding hydrogens is 731 g/mol. The monoisotopic (exact) mass is 800 g/mol. The number of aliphatic hydroxyl groups excluding tert-OH is 4. The Morgan fingerprint density at radius 3 is 2.52 bits per heavy atom. The van der Waals surface area contributed by atoms with E-state index in [0.29, 0.717) is 31.2 Å². The van der Waals surface area contributed by atoms with E-state index >= 15 is 0 Å². The zero-order valence-corrected chi connectivity index (χ0v) is 34.8. The van der Waals surface area contributed by atoms with Crippen molar-refractivity contribution in [2.45, 2.75) is 159 Å². The Hall–Kier alpha value is -3.49. The Labute approximate surface area is 346 Å². The van der Waals surface area contributed by atoms with Crippen LogP contribution in [0.5, 0.6) is 5.75 Å². The third-order valence-electron chi connectivity index (χ3n) is 13.2. The van der Waals surface area contributed by atoms with Gasteiger partial charge in [0.2, 0.25) is 0 Å². The number of fused-ring (bicyclic) bond motifs is 5. The number of phenols is 1. The van der Waals surface area contributed by atoms with Crippen LogP contribution in [0.1, 0.15) is 144 Å². The van der Waals surface area contributed by atoms with Crippen LogP contribution in [-0.4, -0.2) is 85.3 Å². The lowest BCUT2D eigenvalue weighted by atomic mass is 9.72. The average molecular weight is 800 g/mol. The third kappa shape index (κ3) is 12.3. The molecule has 9 nitrogen and oxygen atoms in total. The first-order valence-electron chi connectivity index (χ1n) is 21.9. The van der Waals surface area contributed by atoms with Gasteiger partial charge in [0, 0.05) is 25.1 Å². The predicted octanol–water partition coefficient (Wildman–Crippen LogP) is 7.22. The van der Waals surface area contributed by atoms with Crippen LogP contribution >= 0.6 is 0 Å². The van der Waals surface area contributed by atoms with E-state index < -0.39 is 36.3 Å². The van der Waals surface area contributed by atoms with E-state index in [2.05, 4.69) is 36.2 Å². The number of aromatic hydroxyl groups is 1. The highest BCUT2D eigenvalue weighted by atomic mass is 16.4. The van der Waals surface area contributed by atoms with Gasteiger partial charge in [-0.15, -0.1) is 0 Å². The average Bonchev–Trinajstić information content (AvgIpc) is 3.64. The van der Waals surface area contributed by atoms with Gasteiger partial charge < -0.3 is 41.1 Å². The van der Waals surface area contributed by atoms with E-state index in [4.69, 9.17) is 0 Å². The molecule has 2 aromatic carbocycles. The maximum absolute atomic E-state index is 12.6. The smallest absolute Gasteiger partial charge is 0.303 e. The molecule has 2 bridgehead atoms. The number of hydrogen-bond acceptors (Lipinski definition) is 8. The second-order valence-corrected chi connectivity index (χ2v) is 17.7. The molecule has 1 fully saturated rings. The zero-order valence-electron chi connectivity index (χ0n) is 34.8. The summed E-state index contributed by atoms with van der Waals surface area (Å²) in [5.74, 6) is 5.60. The van der Waals surface area contributed by atoms with E-state index in [1.54, 1.807) is 25.1 Å². The van der Waals surface area contributed by atoms with E-state index in [0.717, 1.165) is 92.0 Å². The fourth-order valence-electron chi connectivity index (χ4n) is 10.1. The van der Waals surface area contributed by atoms with E-state index in [9.17, 15) is 40.5 Å². The molecule has 0 aromatic heterocycles. The number of allylic oxidation sites excluding steroid dienone is 2. The minimum absolute atomic E-state index is 0.0431. The van der Waals surface area contributed by atoms with Crippen molar-refractivity contribution in [3.8, 4) is 17.6 Å². The largest absolute Gasteiger partial charge is 0.508 e. The van der Waals surface area contributed by atoms with Gasteiger partial charge in [-0.1, -0.05) is 99.8 Å². The topological polar surface area (TPSA) is 171 Å². The second-order valence-electron chi connectivity index (χ2n) is 17.7. The number of carbonyl (C=O) groups is 1. The van der Waals surface area contributed by atoms with Crippen LogP contribution in [0.3, 0.4) is 0 Å². The van der Waals surface area contributed by atoms with E-state index in [1.807, 2.05) is 24.3 Å². The van der Waals surface area contributed by atoms with E-state index in [1.165, 1.54) is 0 Å². The van der Waals surface area contributed by atoms with Crippen molar-refractivity contribution in [2.75, 3.05) is 19.8 Å². The number of aliphatic hydroxyl groups is 5. The number of nitrogens with one attached hydrogen (secondary N) is 1. The Bertz CT molecular complexity index is 1760. The molecule has 0 spiro atoms. The van der Waals surface area contributed by atoms with Crippen molar-refractivity contribution < 1.29 is 40.5 Å². The van der Waals surface area contributed by atoms with Gasteiger partial charge in [-0.25, -0.2) is 0 Å². The Kier molecular flexibility index (Phi) is 17.0. The minimum Gasteiger partial charge on any atom is -0.508 e. The molecule has 0 unspecified atom stereocenters. The molecule has 8 N–H and O–H groups in total. The summed E-state index contributed by atoms with van der Waals surface area (Å²) in [6.07, 6.45) is 14.8. The van der Waals surface area contributed by atoms with Gasteiger partial charge in [-0.05, 0) is 128 Å². The standard InChI is InChI=1S/C49H69NO8/c1-3-4-5-13-39(53)19-17-35-16-15-34-11-6-7-14-42(34)36-18-22-45(43-21-20-40(54)29-37(43)23-27-51)48(2,58)33-50-47(44(35)30-41(55)32-52)38(28-36)12-10-26-49(31-46(56)57)24-8-9-25-49/h6-7,11,14,17,19-21,29,36,38-39,41,45,47,50-55,58H,3-5,8-10,12-13,15-16,23-28,30-33H2,1-2H3,(H,56,57)/b19-17+,44-35+/t36-,38+,39+,41+,45+,47+,48-/m1/s1. The quantitative estimate of drug-likeness (QED) is 0.0573. The normalized spacial score (nSPS) is 27.1. The van der Waals surface area contributed by atoms with Gasteiger partial charge in [0.15, 0.2) is 0 Å². The maximum Gasteiger partial charge on any atom is 0.303 e. The summed E-state index contributed by atoms with van der Waals surface area (Å²) in [6.45, 7) is 3.50. The molecular formula is C49H69NO8. The van der Waals surface area contributed by atoms with Crippen LogP contribution in [0.25, 0.3) is 0 Å². The molecule has 7 atom stereocenters. The molecule has 1 aliphatic heterocycles. The number of rotatable bonds is 18. The lowest BCUT2D eigenvalue weighted by Crippen LogP contribution is -2.50. The van der Waals surface area contributed by atoms with Crippen LogP contribution in [0, 0.1) is 23.2 Å². The molecule has 58 heavy (non-hydrogen) atoms. The molecule has 2 aliphatic carbocycles. The number of phenolic OH excluding ortho intramolecular Hbond substituents is 1. The minimum atomic E-state index is -1.43. The number of carboxylic acid groups (broad SMARTS) is 1. The summed E-state index contributed by atoms with van der Waals surface area (Å²) in [4.78, 5) is 12.1. The van der Waals surface area contributed by atoms with Crippen molar-refractivity contribution in [3.63, 3.8) is 0 Å². The van der Waals surface area contributed by atoms with Gasteiger partial charge in [0.05, 0.1) is 36.8 Å². The van der Waals surface area contributed by atoms with Crippen molar-refractivity contribution in [1.82, 2.24) is 5.32 Å². The fraction of sp³-hybridized carbons (Fsp3) is 0.612. The van der Waals surface area contributed by atoms with Gasteiger partial charge in [0.25, 0.3) is 0 Å². The fourth-order valence-corrected chi connectivity index (χ4v) is 10.1. The Morgan fingerprint density at radius 2 is 1.79 bits per heavy atom. The summed E-state index contributed by atoms with van der Waals surface area (Å²) >= 11 is 0. The molecule has 0 radical (unpaired) electrons. The molecule has 1 heterocycles. The Morgan fingerprint density at radius 1 is 1.02 bits per heavy atom. The molecule has 1 saturated carbocycles. The first-order chi connectivity index (χ1) is 27.9. The number of aliphatic carboxylic acids is 1. The summed E-state index contributed by atoms with van der Waals surface area (Å²) in [5, 5.41) is 79.3. The molecule has 0 saturated heterocycles. The highest BCUT2D eigenvalue weighted by Crippen LogP contribution is 2.47. The van der Waals surface area contributed by atoms with Crippen molar-refractivity contribution in [2.24, 2.45) is 11.3 Å². The number of β-amino-alcohol motifs (C(OH)–C–C–N with tert-alkyl or cyclic N) is 1. The first kappa shape index (κ1) is 45.6. The van der Waals surface area contributed by atoms with Crippen LogP contribution in [-0.2, 0) is 17.6 Å². The van der Waals surface area contributed by atoms with Crippen molar-refractivity contribution >= 4 is 5.97 Å². The Balaban J connectivity index is 1.69. The summed E-state index contributed by atoms with van der Waals surface area (Å²) in [5.41, 5.74) is 4.01. The van der Waals surface area contributed by atoms with Gasteiger partial charge in [0.1, 0.15) is 5.75 Å². The van der Waals surface area contributed by atoms with Gasteiger partial charge in [-0.3, -0.25) is 4.79 Å². The summed E-state index contributed by atoms with van der Waals surface area (Å²) in [6, 6.07) is 13.1. The lowest BCUT2D eigenvalue weighted by molar-refractivity contribution is -0.139. The number of carboxylic acids is 1. The van der Waals surface area contributed by atoms with Crippen molar-refractivity contribution in [3.05, 3.63) is 88.0 Å². The highest BCUT2D eigenvalue weighted by molar-refractivity contribution is 5.67. The SMILES string of the molecule is CCCCC[C@H](O)/C=C/C1=C(\C[C@H](O)CO)[C@H]2NC[C@@](C)(O)[C@H](c3ccc(O)cc3CCO)C#C[C@H](C[C@@H]2CCCC2(CC(=O)O)CCCC2)c2ccccc2CC1. The van der Waals surface area contributed by atoms with Crippen LogP contribution in [0.2, 0.25) is 0 Å². The molecule has 2 aromatic rings. The predicted molar refractivity (Wildman–Crippen MR) is 228 cm³/mol. The summed E-state index contributed by atoms with van der Waals surface area (Å²) < 4.78 is 0. The number of aryl methyl sites for hydroxylation is 1. The summed E-state index contributed by atoms with van der Waals surface area (Å²) in [7, 11) is 0. The highest BCUT2D eigenvalue weighted by Gasteiger charge is 2.40. The van der Waals surface area contributed by atoms with E-state index in [-0.39, 0.29) is 61.5 Å². The maximum atomic E-state index is 12.6. The number of benzene rings is 2. The second kappa shape index (κ2) is 21.7. The lowest BCUT2D eigenvalue weighted by Gasteiger charge is -2.40. The molecule has 0 amide bonds. The van der Waals surface area contributed by atoms with Gasteiger partial charge >= 0.3 is 5.97 Å². The zero-order chi connectivity index (χ0) is 41.7. The molecule has 5 rings (SSSR count). The third-order valence-corrected chi connectivity index (χ3v) is 13.2. The number of hydrogen-bond donors (Lipinski definition) is 8. The van der Waals surface area contributed by atoms with Crippen molar-refractivity contribution in [1.29, 1.82) is 0 Å². The molecule has 9 heteroatoms. The number of unbranched alkanes of at least 4 members (excludes halogenated alkanes) is 2. The molecule has 3 aliphatic rings. The van der Waals surface area contributed by atoms with Crippen LogP contribution < -0.4 is 5.32 Å². The van der Waals surface area contributed by atoms with Crippen LogP contribution in [0.4, 0.5) is 0 Å². The van der Waals surface area contributed by atoms with Gasteiger partial charge in [-0.2, -0.15) is 0 Å². The molecule has 318 valence electrons. The van der Waals surface area contributed by atoms with Crippen LogP contribution in [0.15, 0.2) is 65.8 Å². The first-order valence-corrected chi connectivity index (χ1v) is 21.9.